The molecule has 0 aliphatic carbocycles. The summed E-state index contributed by atoms with van der Waals surface area (Å²) >= 11 is 0. The third-order valence-electron chi connectivity index (χ3n) is 3.54. The van der Waals surface area contributed by atoms with Gasteiger partial charge in [0, 0.05) is 5.69 Å². The van der Waals surface area contributed by atoms with E-state index in [0.717, 1.165) is 5.56 Å². The Bertz CT molecular complexity index is 882. The van der Waals surface area contributed by atoms with E-state index in [4.69, 9.17) is 9.15 Å². The highest BCUT2D eigenvalue weighted by molar-refractivity contribution is 6.02. The van der Waals surface area contributed by atoms with Gasteiger partial charge in [0.25, 0.3) is 5.91 Å². The molecule has 1 amide bonds. The molecule has 1 aromatic heterocycles. The van der Waals surface area contributed by atoms with Gasteiger partial charge in [0.1, 0.15) is 6.61 Å². The number of esters is 1. The van der Waals surface area contributed by atoms with Gasteiger partial charge < -0.3 is 14.5 Å². The highest BCUT2D eigenvalue weighted by Crippen LogP contribution is 2.12. The standard InChI is InChI=1S/C21H17NO4/c23-20(19-9-5-14-25-19)22-18-12-10-17(11-13-18)21(24)26-15-4-8-16-6-2-1-3-7-16/h1-14H,15H2,(H,22,23). The van der Waals surface area contributed by atoms with Crippen LogP contribution in [0.15, 0.2) is 83.5 Å². The van der Waals surface area contributed by atoms with E-state index in [2.05, 4.69) is 5.32 Å². The van der Waals surface area contributed by atoms with Crippen LogP contribution in [-0.4, -0.2) is 18.5 Å². The smallest absolute Gasteiger partial charge is 0.338 e. The number of hydrogen-bond donors (Lipinski definition) is 1. The van der Waals surface area contributed by atoms with Crippen molar-refractivity contribution in [3.05, 3.63) is 96.0 Å². The van der Waals surface area contributed by atoms with Crippen molar-refractivity contribution in [2.45, 2.75) is 0 Å². The van der Waals surface area contributed by atoms with Crippen molar-refractivity contribution in [1.29, 1.82) is 0 Å². The van der Waals surface area contributed by atoms with Crippen molar-refractivity contribution >= 4 is 23.6 Å². The Morgan fingerprint density at radius 1 is 0.962 bits per heavy atom. The maximum absolute atomic E-state index is 12.0. The molecule has 5 nitrogen and oxygen atoms in total. The Kier molecular flexibility index (Phi) is 5.62. The minimum Gasteiger partial charge on any atom is -0.459 e. The van der Waals surface area contributed by atoms with Gasteiger partial charge in [0.2, 0.25) is 0 Å². The molecule has 130 valence electrons. The lowest BCUT2D eigenvalue weighted by atomic mass is 10.2. The van der Waals surface area contributed by atoms with Gasteiger partial charge in [-0.05, 0) is 48.0 Å². The number of carbonyl (C=O) groups excluding carboxylic acids is 2. The third kappa shape index (κ3) is 4.70. The van der Waals surface area contributed by atoms with E-state index < -0.39 is 5.97 Å². The van der Waals surface area contributed by atoms with Crippen molar-refractivity contribution in [2.75, 3.05) is 11.9 Å². The van der Waals surface area contributed by atoms with Crippen LogP contribution in [-0.2, 0) is 4.74 Å². The summed E-state index contributed by atoms with van der Waals surface area (Å²) in [6.45, 7) is 0.185. The van der Waals surface area contributed by atoms with Gasteiger partial charge in [-0.2, -0.15) is 0 Å². The number of anilines is 1. The van der Waals surface area contributed by atoms with Crippen LogP contribution in [0.1, 0.15) is 26.5 Å². The summed E-state index contributed by atoms with van der Waals surface area (Å²) in [6, 6.07) is 19.4. The van der Waals surface area contributed by atoms with E-state index >= 15 is 0 Å². The molecule has 26 heavy (non-hydrogen) atoms. The molecule has 5 heteroatoms. The summed E-state index contributed by atoms with van der Waals surface area (Å²) in [5.74, 6) is -0.554. The van der Waals surface area contributed by atoms with Crippen molar-refractivity contribution in [2.24, 2.45) is 0 Å². The highest BCUT2D eigenvalue weighted by atomic mass is 16.5. The van der Waals surface area contributed by atoms with Gasteiger partial charge in [0.05, 0.1) is 11.8 Å². The minimum atomic E-state index is -0.424. The lowest BCUT2D eigenvalue weighted by molar-refractivity contribution is 0.0550. The first-order valence-electron chi connectivity index (χ1n) is 8.06. The second-order valence-corrected chi connectivity index (χ2v) is 5.42. The molecule has 0 saturated heterocycles. The quantitative estimate of drug-likeness (QED) is 0.671. The molecule has 0 radical (unpaired) electrons. The zero-order valence-electron chi connectivity index (χ0n) is 13.9. The first-order valence-corrected chi connectivity index (χ1v) is 8.06. The number of furan rings is 1. The van der Waals surface area contributed by atoms with Gasteiger partial charge in [-0.1, -0.05) is 36.4 Å². The molecule has 0 fully saturated rings. The summed E-state index contributed by atoms with van der Waals surface area (Å²) in [6.07, 6.45) is 5.10. The third-order valence-corrected chi connectivity index (χ3v) is 3.54. The fraction of sp³-hybridized carbons (Fsp3) is 0.0476. The van der Waals surface area contributed by atoms with Crippen LogP contribution in [0.2, 0.25) is 0 Å². The SMILES string of the molecule is O=C(OCC=Cc1ccccc1)c1ccc(NC(=O)c2ccco2)cc1. The van der Waals surface area contributed by atoms with Crippen LogP contribution in [0.3, 0.4) is 0 Å². The van der Waals surface area contributed by atoms with Gasteiger partial charge in [-0.25, -0.2) is 4.79 Å². The normalized spacial score (nSPS) is 10.6. The number of carbonyl (C=O) groups is 2. The predicted molar refractivity (Wildman–Crippen MR) is 98.9 cm³/mol. The van der Waals surface area contributed by atoms with E-state index in [1.807, 2.05) is 36.4 Å². The minimum absolute atomic E-state index is 0.185. The molecular weight excluding hydrogens is 330 g/mol. The highest BCUT2D eigenvalue weighted by Gasteiger charge is 2.10. The molecule has 3 aromatic rings. The van der Waals surface area contributed by atoms with Gasteiger partial charge in [0.15, 0.2) is 5.76 Å². The van der Waals surface area contributed by atoms with Gasteiger partial charge in [-0.15, -0.1) is 0 Å². The molecule has 0 atom stereocenters. The zero-order valence-corrected chi connectivity index (χ0v) is 13.9. The van der Waals surface area contributed by atoms with E-state index in [1.165, 1.54) is 6.26 Å². The Morgan fingerprint density at radius 3 is 2.42 bits per heavy atom. The van der Waals surface area contributed by atoms with Crippen LogP contribution < -0.4 is 5.32 Å². The summed E-state index contributed by atoms with van der Waals surface area (Å²) in [7, 11) is 0. The van der Waals surface area contributed by atoms with Crippen molar-refractivity contribution in [3.8, 4) is 0 Å². The number of ether oxygens (including phenoxy) is 1. The maximum atomic E-state index is 12.0. The molecule has 0 spiro atoms. The van der Waals surface area contributed by atoms with Gasteiger partial charge >= 0.3 is 5.97 Å². The molecule has 0 saturated carbocycles. The van der Waals surface area contributed by atoms with Crippen LogP contribution in [0.5, 0.6) is 0 Å². The monoisotopic (exact) mass is 347 g/mol. The van der Waals surface area contributed by atoms with Crippen LogP contribution in [0.25, 0.3) is 6.08 Å². The average Bonchev–Trinajstić information content (AvgIpc) is 3.21. The van der Waals surface area contributed by atoms with E-state index in [0.29, 0.717) is 11.3 Å². The number of rotatable bonds is 6. The molecule has 0 aliphatic heterocycles. The Labute approximate surface area is 150 Å². The predicted octanol–water partition coefficient (Wildman–Crippen LogP) is 4.40. The summed E-state index contributed by atoms with van der Waals surface area (Å²) < 4.78 is 10.2. The van der Waals surface area contributed by atoms with Crippen molar-refractivity contribution in [3.63, 3.8) is 0 Å². The molecule has 0 bridgehead atoms. The largest absolute Gasteiger partial charge is 0.459 e. The van der Waals surface area contributed by atoms with Crippen molar-refractivity contribution in [1.82, 2.24) is 0 Å². The first-order chi connectivity index (χ1) is 12.7. The second-order valence-electron chi connectivity index (χ2n) is 5.42. The maximum Gasteiger partial charge on any atom is 0.338 e. The molecule has 2 aromatic carbocycles. The number of amides is 1. The lowest BCUT2D eigenvalue weighted by Crippen LogP contribution is -2.11. The molecule has 3 rings (SSSR count). The van der Waals surface area contributed by atoms with Crippen LogP contribution in [0.4, 0.5) is 5.69 Å². The van der Waals surface area contributed by atoms with Crippen LogP contribution >= 0.6 is 0 Å². The number of nitrogens with one attached hydrogen (secondary N) is 1. The van der Waals surface area contributed by atoms with E-state index in [9.17, 15) is 9.59 Å². The number of benzene rings is 2. The summed E-state index contributed by atoms with van der Waals surface area (Å²) in [5, 5.41) is 2.68. The summed E-state index contributed by atoms with van der Waals surface area (Å²) in [4.78, 5) is 23.9. The second kappa shape index (κ2) is 8.48. The van der Waals surface area contributed by atoms with Gasteiger partial charge in [-0.3, -0.25) is 4.79 Å². The Hall–Kier alpha value is -3.60. The topological polar surface area (TPSA) is 68.5 Å². The average molecular weight is 347 g/mol. The first kappa shape index (κ1) is 17.2. The Balaban J connectivity index is 1.50. The molecular formula is C21H17NO4. The Morgan fingerprint density at radius 2 is 1.73 bits per heavy atom. The molecule has 1 heterocycles. The molecule has 0 aliphatic rings. The van der Waals surface area contributed by atoms with E-state index in [-0.39, 0.29) is 18.3 Å². The summed E-state index contributed by atoms with van der Waals surface area (Å²) in [5.41, 5.74) is 2.02. The lowest BCUT2D eigenvalue weighted by Gasteiger charge is -2.05. The van der Waals surface area contributed by atoms with Crippen LogP contribution in [0, 0.1) is 0 Å². The molecule has 1 N–H and O–H groups in total. The zero-order chi connectivity index (χ0) is 18.2. The fourth-order valence-electron chi connectivity index (χ4n) is 2.25. The van der Waals surface area contributed by atoms with E-state index in [1.54, 1.807) is 42.5 Å². The molecule has 0 unspecified atom stereocenters. The fourth-order valence-corrected chi connectivity index (χ4v) is 2.25. The van der Waals surface area contributed by atoms with Crippen molar-refractivity contribution < 1.29 is 18.7 Å². The number of hydrogen-bond acceptors (Lipinski definition) is 4.